The number of nitrogens with zero attached hydrogens (tertiary/aromatic N) is 1. The van der Waals surface area contributed by atoms with Gasteiger partial charge in [0.1, 0.15) is 5.54 Å². The Balaban J connectivity index is 2.41. The van der Waals surface area contributed by atoms with Gasteiger partial charge in [-0.2, -0.15) is 5.26 Å². The summed E-state index contributed by atoms with van der Waals surface area (Å²) in [5, 5.41) is 12.4. The molecule has 1 saturated carbocycles. The summed E-state index contributed by atoms with van der Waals surface area (Å²) in [6.07, 6.45) is 3.28. The molecule has 1 atom stereocenters. The predicted molar refractivity (Wildman–Crippen MR) is 51.2 cm³/mol. The maximum atomic E-state index is 9.13. The summed E-state index contributed by atoms with van der Waals surface area (Å²) in [6.45, 7) is 3.52. The van der Waals surface area contributed by atoms with Gasteiger partial charge >= 0.3 is 0 Å². The molecule has 1 fully saturated rings. The molecule has 0 aromatic carbocycles. The van der Waals surface area contributed by atoms with Crippen LogP contribution in [0.2, 0.25) is 0 Å². The summed E-state index contributed by atoms with van der Waals surface area (Å²) < 4.78 is 4.95. The lowest BCUT2D eigenvalue weighted by molar-refractivity contribution is 0.186. The first-order chi connectivity index (χ1) is 6.29. The summed E-state index contributed by atoms with van der Waals surface area (Å²) in [7, 11) is 1.68. The second-order valence-corrected chi connectivity index (χ2v) is 3.63. The summed E-state index contributed by atoms with van der Waals surface area (Å²) >= 11 is 0. The van der Waals surface area contributed by atoms with Gasteiger partial charge in [0.05, 0.1) is 12.7 Å². The van der Waals surface area contributed by atoms with E-state index in [0.717, 1.165) is 13.0 Å². The monoisotopic (exact) mass is 182 g/mol. The molecule has 1 aliphatic carbocycles. The second kappa shape index (κ2) is 4.59. The van der Waals surface area contributed by atoms with Crippen LogP contribution in [0.5, 0.6) is 0 Å². The van der Waals surface area contributed by atoms with E-state index in [1.807, 2.05) is 0 Å². The number of hydrogen-bond donors (Lipinski definition) is 1. The summed E-state index contributed by atoms with van der Waals surface area (Å²) in [5.41, 5.74) is -0.279. The van der Waals surface area contributed by atoms with Crippen LogP contribution in [0.15, 0.2) is 0 Å². The van der Waals surface area contributed by atoms with Gasteiger partial charge in [0.2, 0.25) is 0 Å². The normalized spacial score (nSPS) is 20.7. The van der Waals surface area contributed by atoms with E-state index >= 15 is 0 Å². The number of hydrogen-bond acceptors (Lipinski definition) is 3. The van der Waals surface area contributed by atoms with Crippen molar-refractivity contribution in [2.75, 3.05) is 20.3 Å². The standard InChI is InChI=1S/C10H18N2O/c1-3-10(8-11,9-4-5-9)12-6-7-13-2/h9,12H,3-7H2,1-2H3. The van der Waals surface area contributed by atoms with Crippen molar-refractivity contribution >= 4 is 0 Å². The van der Waals surface area contributed by atoms with Crippen molar-refractivity contribution in [3.05, 3.63) is 0 Å². The lowest BCUT2D eigenvalue weighted by atomic mass is 9.92. The molecule has 3 heteroatoms. The quantitative estimate of drug-likeness (QED) is 0.630. The smallest absolute Gasteiger partial charge is 0.109 e. The predicted octanol–water partition coefficient (Wildman–Crippen LogP) is 1.30. The lowest BCUT2D eigenvalue weighted by Crippen LogP contribution is -2.46. The first-order valence-corrected chi connectivity index (χ1v) is 4.94. The van der Waals surface area contributed by atoms with Gasteiger partial charge in [-0.1, -0.05) is 6.92 Å². The van der Waals surface area contributed by atoms with E-state index in [4.69, 9.17) is 10.00 Å². The van der Waals surface area contributed by atoms with E-state index in [2.05, 4.69) is 18.3 Å². The van der Waals surface area contributed by atoms with Crippen LogP contribution < -0.4 is 5.32 Å². The minimum absolute atomic E-state index is 0.279. The molecule has 1 aliphatic rings. The topological polar surface area (TPSA) is 45.0 Å². The molecule has 0 spiro atoms. The largest absolute Gasteiger partial charge is 0.383 e. The van der Waals surface area contributed by atoms with E-state index < -0.39 is 0 Å². The first-order valence-electron chi connectivity index (χ1n) is 4.94. The Labute approximate surface area is 80.1 Å². The fourth-order valence-electron chi connectivity index (χ4n) is 1.72. The van der Waals surface area contributed by atoms with Crippen molar-refractivity contribution in [2.45, 2.75) is 31.7 Å². The van der Waals surface area contributed by atoms with Crippen molar-refractivity contribution in [3.8, 4) is 6.07 Å². The maximum Gasteiger partial charge on any atom is 0.109 e. The molecule has 0 amide bonds. The molecule has 1 rings (SSSR count). The van der Waals surface area contributed by atoms with E-state index in [1.165, 1.54) is 12.8 Å². The van der Waals surface area contributed by atoms with Crippen molar-refractivity contribution in [1.82, 2.24) is 5.32 Å². The molecule has 1 unspecified atom stereocenters. The molecule has 0 aromatic heterocycles. The summed E-state index contributed by atoms with van der Waals surface area (Å²) in [6, 6.07) is 2.42. The Morgan fingerprint density at radius 2 is 2.31 bits per heavy atom. The highest BCUT2D eigenvalue weighted by molar-refractivity contribution is 5.14. The van der Waals surface area contributed by atoms with Gasteiger partial charge in [-0.15, -0.1) is 0 Å². The summed E-state index contributed by atoms with van der Waals surface area (Å²) in [5.74, 6) is 0.569. The zero-order valence-corrected chi connectivity index (χ0v) is 8.47. The molecule has 0 aliphatic heterocycles. The van der Waals surface area contributed by atoms with Crippen LogP contribution in [-0.4, -0.2) is 25.8 Å². The Morgan fingerprint density at radius 1 is 1.62 bits per heavy atom. The van der Waals surface area contributed by atoms with Crippen LogP contribution in [0.4, 0.5) is 0 Å². The molecule has 0 heterocycles. The van der Waals surface area contributed by atoms with Crippen molar-refractivity contribution < 1.29 is 4.74 Å². The van der Waals surface area contributed by atoms with Gasteiger partial charge in [0.15, 0.2) is 0 Å². The van der Waals surface area contributed by atoms with Crippen LogP contribution in [-0.2, 0) is 4.74 Å². The number of methoxy groups -OCH3 is 1. The average Bonchev–Trinajstić information content (AvgIpc) is 2.97. The van der Waals surface area contributed by atoms with Gasteiger partial charge < -0.3 is 4.74 Å². The Bertz CT molecular complexity index is 196. The number of ether oxygens (including phenoxy) is 1. The molecule has 0 aromatic rings. The third-order valence-electron chi connectivity index (χ3n) is 2.78. The van der Waals surface area contributed by atoms with E-state index in [0.29, 0.717) is 12.5 Å². The number of nitrogens with one attached hydrogen (secondary N) is 1. The number of rotatable bonds is 6. The molecule has 0 saturated heterocycles. The highest BCUT2D eigenvalue weighted by Gasteiger charge is 2.43. The van der Waals surface area contributed by atoms with Gasteiger partial charge in [0, 0.05) is 13.7 Å². The fraction of sp³-hybridized carbons (Fsp3) is 0.900. The Kier molecular flexibility index (Phi) is 3.71. The van der Waals surface area contributed by atoms with Crippen LogP contribution in [0.25, 0.3) is 0 Å². The molecular formula is C10H18N2O. The fourth-order valence-corrected chi connectivity index (χ4v) is 1.72. The molecule has 13 heavy (non-hydrogen) atoms. The highest BCUT2D eigenvalue weighted by Crippen LogP contribution is 2.41. The van der Waals surface area contributed by atoms with Crippen LogP contribution >= 0.6 is 0 Å². The zero-order valence-electron chi connectivity index (χ0n) is 8.47. The maximum absolute atomic E-state index is 9.13. The molecule has 1 N–H and O–H groups in total. The van der Waals surface area contributed by atoms with E-state index in [1.54, 1.807) is 7.11 Å². The van der Waals surface area contributed by atoms with Crippen LogP contribution in [0, 0.1) is 17.2 Å². The Morgan fingerprint density at radius 3 is 2.69 bits per heavy atom. The van der Waals surface area contributed by atoms with Gasteiger partial charge in [-0.3, -0.25) is 5.32 Å². The molecule has 0 radical (unpaired) electrons. The minimum atomic E-state index is -0.279. The molecular weight excluding hydrogens is 164 g/mol. The zero-order chi connectivity index (χ0) is 9.73. The average molecular weight is 182 g/mol. The molecule has 3 nitrogen and oxygen atoms in total. The lowest BCUT2D eigenvalue weighted by Gasteiger charge is -2.26. The molecule has 0 bridgehead atoms. The van der Waals surface area contributed by atoms with E-state index in [-0.39, 0.29) is 5.54 Å². The van der Waals surface area contributed by atoms with Crippen molar-refractivity contribution in [3.63, 3.8) is 0 Å². The van der Waals surface area contributed by atoms with Crippen LogP contribution in [0.1, 0.15) is 26.2 Å². The van der Waals surface area contributed by atoms with Gasteiger partial charge in [-0.05, 0) is 25.2 Å². The van der Waals surface area contributed by atoms with E-state index in [9.17, 15) is 0 Å². The van der Waals surface area contributed by atoms with Gasteiger partial charge in [0.25, 0.3) is 0 Å². The SMILES string of the molecule is CCC(C#N)(NCCOC)C1CC1. The Hall–Kier alpha value is -0.590. The highest BCUT2D eigenvalue weighted by atomic mass is 16.5. The van der Waals surface area contributed by atoms with Crippen LogP contribution in [0.3, 0.4) is 0 Å². The van der Waals surface area contributed by atoms with Crippen molar-refractivity contribution in [2.24, 2.45) is 5.92 Å². The van der Waals surface area contributed by atoms with Gasteiger partial charge in [-0.25, -0.2) is 0 Å². The summed E-state index contributed by atoms with van der Waals surface area (Å²) in [4.78, 5) is 0. The first kappa shape index (κ1) is 10.5. The third kappa shape index (κ3) is 2.43. The van der Waals surface area contributed by atoms with Crippen molar-refractivity contribution in [1.29, 1.82) is 5.26 Å². The minimum Gasteiger partial charge on any atom is -0.383 e. The number of nitriles is 1. The second-order valence-electron chi connectivity index (χ2n) is 3.63. The third-order valence-corrected chi connectivity index (χ3v) is 2.78. The molecule has 74 valence electrons.